The van der Waals surface area contributed by atoms with Crippen molar-refractivity contribution < 1.29 is 73.3 Å². The average molecular weight is 1110 g/mol. The van der Waals surface area contributed by atoms with E-state index in [9.17, 15) is 43.9 Å². The summed E-state index contributed by atoms with van der Waals surface area (Å²) in [6.07, 6.45) is 17.3. The molecule has 0 amide bonds. The normalized spacial score (nSPS) is 23.1. The lowest BCUT2D eigenvalue weighted by Gasteiger charge is -2.37. The van der Waals surface area contributed by atoms with Gasteiger partial charge in [0.25, 0.3) is 0 Å². The summed E-state index contributed by atoms with van der Waals surface area (Å²) in [5.74, 6) is -4.34. The van der Waals surface area contributed by atoms with Crippen molar-refractivity contribution in [3.8, 4) is 28.7 Å². The van der Waals surface area contributed by atoms with Crippen LogP contribution in [0.1, 0.15) is 162 Å². The van der Waals surface area contributed by atoms with Crippen molar-refractivity contribution in [1.82, 2.24) is 0 Å². The molecule has 0 aromatic heterocycles. The molecule has 0 atom stereocenters. The van der Waals surface area contributed by atoms with Crippen molar-refractivity contribution in [1.29, 1.82) is 0 Å². The van der Waals surface area contributed by atoms with Crippen LogP contribution in [0.25, 0.3) is 0 Å². The van der Waals surface area contributed by atoms with Gasteiger partial charge in [-0.3, -0.25) is 0 Å². The fourth-order valence-corrected chi connectivity index (χ4v) is 11.4. The Morgan fingerprint density at radius 1 is 0.474 bits per heavy atom. The quantitative estimate of drug-likeness (QED) is 0.0668. The van der Waals surface area contributed by atoms with E-state index in [0.717, 1.165) is 106 Å². The Kier molecular flexibility index (Phi) is 23.1. The fourth-order valence-electron chi connectivity index (χ4n) is 11.4. The number of benzene rings is 5. The molecule has 4 aliphatic rings. The van der Waals surface area contributed by atoms with Crippen LogP contribution in [0.5, 0.6) is 28.7 Å². The molecule has 5 nitrogen and oxygen atoms in total. The number of hydrogen-bond acceptors (Lipinski definition) is 5. The molecule has 9 rings (SSSR count). The van der Waals surface area contributed by atoms with E-state index in [1.54, 1.807) is 24.3 Å². The average Bonchev–Trinajstić information content (AvgIpc) is 3.58. The van der Waals surface area contributed by atoms with Crippen molar-refractivity contribution in [3.05, 3.63) is 161 Å². The van der Waals surface area contributed by atoms with Crippen LogP contribution in [-0.2, 0) is 6.11 Å². The summed E-state index contributed by atoms with van der Waals surface area (Å²) in [5.41, 5.74) is 2.51. The van der Waals surface area contributed by atoms with Gasteiger partial charge in [-0.15, -0.1) is 6.58 Å². The predicted molar refractivity (Wildman–Crippen MR) is 292 cm³/mol. The standard InChI is InChI=1S/C21H22F4O2.C21H28F2O.C14H19FO.C7H5F3O.4H2/c1-13-3-5-14(6-4-13)15-7-9-16(10-8-15)21(24,25)27-18-12-11-17(26-2)19(22)20(18)23;1-3-14-4-6-15(7-5-14)16-8-10-17(11-9-16)18-12-13-19(24-2)21(23)20(18)22;1-11-2-4-12(5-3-11)13-6-8-14(9-7-13)16-10-15;1-11-5-3-2-4(8)6(9)7(5)10;;;;/h7-14H,3-6H2,1-2H3;3,12-17H,1,4-11H2,2H3;6-9,11-12H,2-5,10H2,1H3;2-3H,1H3;4*1H. The van der Waals surface area contributed by atoms with E-state index in [1.165, 1.54) is 83.3 Å². The molecule has 0 heterocycles. The number of rotatable bonds is 13. The predicted octanol–water partition coefficient (Wildman–Crippen LogP) is 20.0. The highest BCUT2D eigenvalue weighted by atomic mass is 19.3. The first-order valence-corrected chi connectivity index (χ1v) is 27.2. The summed E-state index contributed by atoms with van der Waals surface area (Å²) >= 11 is 0. The van der Waals surface area contributed by atoms with Gasteiger partial charge in [0.15, 0.2) is 40.4 Å². The molecule has 0 aliphatic heterocycles. The first kappa shape index (κ1) is 61.4. The second-order valence-corrected chi connectivity index (χ2v) is 21.3. The Morgan fingerprint density at radius 2 is 0.872 bits per heavy atom. The minimum absolute atomic E-state index is 0. The topological polar surface area (TPSA) is 46.2 Å². The minimum atomic E-state index is -3.79. The molecule has 4 saturated carbocycles. The summed E-state index contributed by atoms with van der Waals surface area (Å²) in [7, 11) is 3.70. The molecule has 5 aromatic rings. The lowest BCUT2D eigenvalue weighted by molar-refractivity contribution is -0.187. The molecule has 0 saturated heterocycles. The van der Waals surface area contributed by atoms with Crippen LogP contribution in [0.4, 0.5) is 43.9 Å². The molecule has 0 N–H and O–H groups in total. The van der Waals surface area contributed by atoms with Crippen LogP contribution < -0.4 is 23.7 Å². The van der Waals surface area contributed by atoms with Gasteiger partial charge in [-0.05, 0) is 196 Å². The molecule has 0 spiro atoms. The molecule has 4 fully saturated rings. The maximum atomic E-state index is 14.4. The first-order valence-electron chi connectivity index (χ1n) is 27.2. The Bertz CT molecular complexity index is 2660. The second kappa shape index (κ2) is 29.4. The van der Waals surface area contributed by atoms with E-state index in [4.69, 9.17) is 9.47 Å². The Labute approximate surface area is 459 Å². The van der Waals surface area contributed by atoms with Crippen molar-refractivity contribution in [3.63, 3.8) is 0 Å². The van der Waals surface area contributed by atoms with Crippen molar-refractivity contribution >= 4 is 0 Å². The summed E-state index contributed by atoms with van der Waals surface area (Å²) in [6.45, 7) is 7.72. The van der Waals surface area contributed by atoms with Crippen LogP contribution >= 0.6 is 0 Å². The molecule has 5 aromatic carbocycles. The number of hydrogen-bond donors (Lipinski definition) is 0. The molecule has 15 heteroatoms. The molecule has 78 heavy (non-hydrogen) atoms. The Hall–Kier alpha value is -5.86. The first-order chi connectivity index (χ1) is 37.4. The minimum Gasteiger partial charge on any atom is -0.494 e. The largest absolute Gasteiger partial charge is 0.494 e. The van der Waals surface area contributed by atoms with Gasteiger partial charge in [0.05, 0.1) is 26.9 Å². The molecule has 4 aliphatic carbocycles. The zero-order valence-electron chi connectivity index (χ0n) is 45.3. The van der Waals surface area contributed by atoms with E-state index in [-0.39, 0.29) is 28.9 Å². The third kappa shape index (κ3) is 16.4. The van der Waals surface area contributed by atoms with Gasteiger partial charge in [0.1, 0.15) is 5.75 Å². The van der Waals surface area contributed by atoms with Gasteiger partial charge in [-0.2, -0.15) is 26.3 Å². The maximum absolute atomic E-state index is 14.4. The van der Waals surface area contributed by atoms with Gasteiger partial charge in [-0.25, -0.2) is 17.6 Å². The third-order valence-electron chi connectivity index (χ3n) is 16.3. The molecular weight excluding hydrogens is 1030 g/mol. The van der Waals surface area contributed by atoms with Crippen LogP contribution in [0.2, 0.25) is 0 Å². The highest BCUT2D eigenvalue weighted by Crippen LogP contribution is 2.46. The van der Waals surface area contributed by atoms with Gasteiger partial charge in [0.2, 0.25) is 30.1 Å². The number of ether oxygens (including phenoxy) is 5. The van der Waals surface area contributed by atoms with Crippen LogP contribution in [0, 0.1) is 70.3 Å². The summed E-state index contributed by atoms with van der Waals surface area (Å²) in [6, 6.07) is 20.8. The summed E-state index contributed by atoms with van der Waals surface area (Å²) in [5, 5.41) is 0. The number of allylic oxidation sites excluding steroid dienone is 1. The van der Waals surface area contributed by atoms with E-state index >= 15 is 0 Å². The van der Waals surface area contributed by atoms with E-state index in [1.807, 2.05) is 12.1 Å². The van der Waals surface area contributed by atoms with Gasteiger partial charge >= 0.3 is 6.11 Å². The third-order valence-corrected chi connectivity index (χ3v) is 16.3. The maximum Gasteiger partial charge on any atom is 0.426 e. The van der Waals surface area contributed by atoms with E-state index in [0.29, 0.717) is 35.0 Å². The zero-order valence-corrected chi connectivity index (χ0v) is 45.3. The number of methoxy groups -OCH3 is 3. The Balaban J connectivity index is 0.000000384. The highest BCUT2D eigenvalue weighted by Gasteiger charge is 2.37. The molecule has 0 unspecified atom stereocenters. The molecular formula is C63H82F10O5. The SMILES string of the molecule is C=CC1CCC(C2CCC(c3ccc(OC)c(F)c3F)CC2)CC1.CC1CCC(c2ccc(OCF)cc2)CC1.COc1ccc(F)c(F)c1F.COc1ccc(OC(F)(F)c2ccc(C3CCC(C)CC3)cc2)c(F)c1F.[HH].[HH].[HH].[HH]. The monoisotopic (exact) mass is 1110 g/mol. The van der Waals surface area contributed by atoms with E-state index < -0.39 is 65.0 Å². The molecule has 434 valence electrons. The van der Waals surface area contributed by atoms with Crippen molar-refractivity contribution in [2.24, 2.45) is 29.6 Å². The number of halogens is 10. The van der Waals surface area contributed by atoms with Crippen LogP contribution in [0.15, 0.2) is 97.6 Å². The van der Waals surface area contributed by atoms with Crippen LogP contribution in [-0.4, -0.2) is 28.2 Å². The molecule has 0 radical (unpaired) electrons. The highest BCUT2D eigenvalue weighted by molar-refractivity contribution is 5.37. The van der Waals surface area contributed by atoms with Crippen LogP contribution in [0.3, 0.4) is 0 Å². The van der Waals surface area contributed by atoms with E-state index in [2.05, 4.69) is 52.8 Å². The summed E-state index contributed by atoms with van der Waals surface area (Å²) < 4.78 is 157. The van der Waals surface area contributed by atoms with Gasteiger partial charge in [-0.1, -0.05) is 75.9 Å². The van der Waals surface area contributed by atoms with Gasteiger partial charge in [0, 0.05) is 5.71 Å². The second-order valence-electron chi connectivity index (χ2n) is 21.3. The van der Waals surface area contributed by atoms with Gasteiger partial charge < -0.3 is 23.7 Å². The lowest BCUT2D eigenvalue weighted by Crippen LogP contribution is -2.25. The smallest absolute Gasteiger partial charge is 0.426 e. The number of alkyl halides is 3. The van der Waals surface area contributed by atoms with Crippen molar-refractivity contribution in [2.75, 3.05) is 28.2 Å². The Morgan fingerprint density at radius 3 is 1.35 bits per heavy atom. The summed E-state index contributed by atoms with van der Waals surface area (Å²) in [4.78, 5) is 0. The van der Waals surface area contributed by atoms with Crippen molar-refractivity contribution in [2.45, 2.75) is 140 Å². The molecule has 0 bridgehead atoms. The fraction of sp³-hybridized carbons (Fsp3) is 0.492. The zero-order chi connectivity index (χ0) is 56.5. The lowest BCUT2D eigenvalue weighted by atomic mass is 9.68.